The third kappa shape index (κ3) is 3.52. The van der Waals surface area contributed by atoms with E-state index in [9.17, 15) is 18.0 Å². The smallest absolute Gasteiger partial charge is 0.433 e. The fourth-order valence-electron chi connectivity index (χ4n) is 2.84. The van der Waals surface area contributed by atoms with E-state index in [0.717, 1.165) is 10.2 Å². The van der Waals surface area contributed by atoms with Crippen LogP contribution in [0.25, 0.3) is 0 Å². The summed E-state index contributed by atoms with van der Waals surface area (Å²) in [6.45, 7) is 1.37. The van der Waals surface area contributed by atoms with E-state index in [0.29, 0.717) is 24.1 Å². The number of aromatic nitrogens is 2. The minimum Gasteiger partial charge on any atom is -0.459 e. The highest BCUT2D eigenvalue weighted by atomic mass is 19.4. The van der Waals surface area contributed by atoms with Crippen LogP contribution in [-0.4, -0.2) is 27.1 Å². The number of hydrogen-bond donors (Lipinski definition) is 2. The summed E-state index contributed by atoms with van der Waals surface area (Å²) >= 11 is 0. The van der Waals surface area contributed by atoms with Crippen LogP contribution >= 0.6 is 0 Å². The lowest BCUT2D eigenvalue weighted by Crippen LogP contribution is -2.73. The average Bonchev–Trinajstić information content (AvgIpc) is 2.91. The van der Waals surface area contributed by atoms with Gasteiger partial charge in [0.05, 0.1) is 17.8 Å². The molecule has 0 aliphatic heterocycles. The average molecular weight is 356 g/mol. The summed E-state index contributed by atoms with van der Waals surface area (Å²) in [5.41, 5.74) is 1.11. The Hall–Kier alpha value is -2.39. The van der Waals surface area contributed by atoms with Crippen molar-refractivity contribution in [2.24, 2.45) is 0 Å². The Bertz CT molecular complexity index is 765. The van der Waals surface area contributed by atoms with Crippen LogP contribution in [0.2, 0.25) is 0 Å². The van der Waals surface area contributed by atoms with Crippen molar-refractivity contribution in [1.29, 1.82) is 0 Å². The topological polar surface area (TPSA) is 81.0 Å². The molecule has 1 fully saturated rings. The molecular weight excluding hydrogens is 339 g/mol. The summed E-state index contributed by atoms with van der Waals surface area (Å²) in [6.07, 6.45) is -3.13. The molecule has 1 saturated carbocycles. The first kappa shape index (κ1) is 17.4. The maximum absolute atomic E-state index is 13.1. The first-order valence-electron chi connectivity index (χ1n) is 7.69. The molecule has 1 aromatic heterocycles. The lowest BCUT2D eigenvalue weighted by atomic mass is 9.89. The fourth-order valence-corrected chi connectivity index (χ4v) is 2.84. The molecule has 6 nitrogen and oxygen atoms in total. The third-order valence-corrected chi connectivity index (χ3v) is 4.23. The molecule has 2 aromatic rings. The van der Waals surface area contributed by atoms with Crippen molar-refractivity contribution >= 4 is 11.7 Å². The number of nitrogens with two attached hydrogens (primary N) is 1. The number of carbonyl (C=O) groups excluding carboxylic acids is 1. The minimum absolute atomic E-state index is 0.0775. The zero-order valence-electron chi connectivity index (χ0n) is 13.3. The molecule has 0 amide bonds. The maximum atomic E-state index is 13.1. The SMILES string of the molecule is Cc1cnn(C2CC(OC(=O)c3ccc([NH2+]O)cc3)C2)c1C(F)(F)F. The van der Waals surface area contributed by atoms with Crippen LogP contribution < -0.4 is 5.48 Å². The van der Waals surface area contributed by atoms with Gasteiger partial charge in [0.15, 0.2) is 5.69 Å². The van der Waals surface area contributed by atoms with E-state index in [-0.39, 0.29) is 5.56 Å². The molecule has 1 heterocycles. The first-order chi connectivity index (χ1) is 11.8. The van der Waals surface area contributed by atoms with Gasteiger partial charge >= 0.3 is 12.1 Å². The molecule has 3 rings (SSSR count). The van der Waals surface area contributed by atoms with Crippen LogP contribution in [0.15, 0.2) is 30.5 Å². The number of carbonyl (C=O) groups is 1. The molecule has 0 atom stereocenters. The van der Waals surface area contributed by atoms with Crippen molar-refractivity contribution in [3.05, 3.63) is 47.3 Å². The highest BCUT2D eigenvalue weighted by molar-refractivity contribution is 5.89. The van der Waals surface area contributed by atoms with E-state index in [2.05, 4.69) is 5.10 Å². The van der Waals surface area contributed by atoms with Crippen molar-refractivity contribution in [2.45, 2.75) is 38.1 Å². The standard InChI is InChI=1S/C16H16F3N3O3/c1-9-8-20-22(14(9)16(17,18)19)12-6-13(7-12)25-15(23)10-2-4-11(21-24)5-3-10/h2-5,8,12-13,21,24H,6-7H2,1H3/p+1. The normalized spacial score (nSPS) is 20.2. The number of esters is 1. The van der Waals surface area contributed by atoms with Crippen LogP contribution in [0.4, 0.5) is 18.9 Å². The van der Waals surface area contributed by atoms with Crippen molar-refractivity contribution < 1.29 is 33.4 Å². The van der Waals surface area contributed by atoms with Crippen LogP contribution in [0.1, 0.15) is 40.5 Å². The number of aryl methyl sites for hydroxylation is 1. The van der Waals surface area contributed by atoms with Gasteiger partial charge in [-0.25, -0.2) is 10.0 Å². The monoisotopic (exact) mass is 356 g/mol. The second kappa shape index (κ2) is 6.49. The third-order valence-electron chi connectivity index (χ3n) is 4.23. The van der Waals surface area contributed by atoms with E-state index in [1.54, 1.807) is 12.1 Å². The van der Waals surface area contributed by atoms with E-state index in [1.165, 1.54) is 25.3 Å². The highest BCUT2D eigenvalue weighted by Gasteiger charge is 2.42. The fraction of sp³-hybridized carbons (Fsp3) is 0.375. The number of quaternary nitrogens is 1. The van der Waals surface area contributed by atoms with E-state index in [4.69, 9.17) is 9.94 Å². The summed E-state index contributed by atoms with van der Waals surface area (Å²) in [5.74, 6) is -0.541. The molecule has 0 unspecified atom stereocenters. The molecule has 3 N–H and O–H groups in total. The Morgan fingerprint density at radius 1 is 1.32 bits per heavy atom. The molecule has 0 spiro atoms. The molecule has 0 bridgehead atoms. The summed E-state index contributed by atoms with van der Waals surface area (Å²) in [7, 11) is 0. The predicted octanol–water partition coefficient (Wildman–Crippen LogP) is 2.35. The number of benzene rings is 1. The second-order valence-corrected chi connectivity index (χ2v) is 6.02. The number of halogens is 3. The maximum Gasteiger partial charge on any atom is 0.433 e. The molecule has 1 aliphatic carbocycles. The van der Waals surface area contributed by atoms with Gasteiger partial charge in [0, 0.05) is 25.0 Å². The second-order valence-electron chi connectivity index (χ2n) is 6.02. The van der Waals surface area contributed by atoms with Gasteiger partial charge in [-0.3, -0.25) is 4.68 Å². The Morgan fingerprint density at radius 2 is 1.96 bits per heavy atom. The van der Waals surface area contributed by atoms with Crippen LogP contribution in [0.5, 0.6) is 0 Å². The van der Waals surface area contributed by atoms with Gasteiger partial charge in [-0.2, -0.15) is 23.8 Å². The van der Waals surface area contributed by atoms with Gasteiger partial charge in [-0.05, 0) is 24.6 Å². The lowest BCUT2D eigenvalue weighted by molar-refractivity contribution is -0.825. The van der Waals surface area contributed by atoms with Crippen molar-refractivity contribution in [2.75, 3.05) is 0 Å². The number of nitrogens with zero attached hydrogens (tertiary/aromatic N) is 2. The van der Waals surface area contributed by atoms with Gasteiger partial charge in [-0.1, -0.05) is 0 Å². The minimum atomic E-state index is -4.46. The molecule has 0 radical (unpaired) electrons. The Kier molecular flexibility index (Phi) is 4.53. The quantitative estimate of drug-likeness (QED) is 0.501. The van der Waals surface area contributed by atoms with E-state index >= 15 is 0 Å². The van der Waals surface area contributed by atoms with Crippen molar-refractivity contribution in [3.8, 4) is 0 Å². The van der Waals surface area contributed by atoms with Crippen molar-refractivity contribution in [3.63, 3.8) is 0 Å². The lowest BCUT2D eigenvalue weighted by Gasteiger charge is -2.35. The zero-order chi connectivity index (χ0) is 18.2. The first-order valence-corrected chi connectivity index (χ1v) is 7.69. The molecule has 1 aliphatic rings. The highest BCUT2D eigenvalue weighted by Crippen LogP contribution is 2.40. The summed E-state index contributed by atoms with van der Waals surface area (Å²) < 4.78 is 45.5. The molecule has 134 valence electrons. The molecule has 1 aromatic carbocycles. The Morgan fingerprint density at radius 3 is 2.52 bits per heavy atom. The Balaban J connectivity index is 1.60. The number of rotatable bonds is 4. The molecule has 25 heavy (non-hydrogen) atoms. The molecule has 0 saturated heterocycles. The number of ether oxygens (including phenoxy) is 1. The summed E-state index contributed by atoms with van der Waals surface area (Å²) in [5, 5.41) is 12.7. The van der Waals surface area contributed by atoms with Gasteiger partial charge in [0.25, 0.3) is 0 Å². The van der Waals surface area contributed by atoms with Gasteiger partial charge < -0.3 is 4.74 Å². The molecule has 9 heteroatoms. The summed E-state index contributed by atoms with van der Waals surface area (Å²) in [4.78, 5) is 12.0. The Labute approximate surface area is 141 Å². The van der Waals surface area contributed by atoms with Crippen molar-refractivity contribution in [1.82, 2.24) is 9.78 Å². The largest absolute Gasteiger partial charge is 0.459 e. The predicted molar refractivity (Wildman–Crippen MR) is 79.3 cm³/mol. The van der Waals surface area contributed by atoms with Crippen LogP contribution in [-0.2, 0) is 10.9 Å². The van der Waals surface area contributed by atoms with Gasteiger partial charge in [0.1, 0.15) is 11.8 Å². The van der Waals surface area contributed by atoms with Crippen LogP contribution in [0, 0.1) is 6.92 Å². The summed E-state index contributed by atoms with van der Waals surface area (Å²) in [6, 6.07) is 5.71. The van der Waals surface area contributed by atoms with Gasteiger partial charge in [0.2, 0.25) is 0 Å². The van der Waals surface area contributed by atoms with E-state index in [1.807, 2.05) is 0 Å². The molecular formula is C16H17F3N3O3+. The van der Waals surface area contributed by atoms with Gasteiger partial charge in [-0.15, -0.1) is 0 Å². The zero-order valence-corrected chi connectivity index (χ0v) is 13.3. The number of hydrogen-bond acceptors (Lipinski definition) is 4. The number of alkyl halides is 3. The van der Waals surface area contributed by atoms with E-state index < -0.39 is 30.0 Å². The van der Waals surface area contributed by atoms with Crippen LogP contribution in [0.3, 0.4) is 0 Å².